The van der Waals surface area contributed by atoms with Crippen LogP contribution in [0, 0.1) is 11.8 Å². The molecule has 7 heteroatoms. The summed E-state index contributed by atoms with van der Waals surface area (Å²) in [5.41, 5.74) is 1.57. The molecule has 3 amide bonds. The van der Waals surface area contributed by atoms with Gasteiger partial charge in [-0.15, -0.1) is 0 Å². The predicted octanol–water partition coefficient (Wildman–Crippen LogP) is 3.44. The van der Waals surface area contributed by atoms with Gasteiger partial charge in [0.2, 0.25) is 17.7 Å². The number of amides is 3. The Hall–Kier alpha value is -2.08. The van der Waals surface area contributed by atoms with Crippen molar-refractivity contribution in [3.63, 3.8) is 0 Å². The maximum atomic E-state index is 12.7. The van der Waals surface area contributed by atoms with Crippen molar-refractivity contribution in [2.75, 3.05) is 29.9 Å². The van der Waals surface area contributed by atoms with Gasteiger partial charge in [-0.05, 0) is 50.3 Å². The first-order chi connectivity index (χ1) is 13.5. The van der Waals surface area contributed by atoms with Gasteiger partial charge in [-0.1, -0.05) is 24.4 Å². The third-order valence-corrected chi connectivity index (χ3v) is 6.40. The minimum atomic E-state index is -0.360. The monoisotopic (exact) mass is 403 g/mol. The molecule has 1 aromatic carbocycles. The Bertz CT molecular complexity index is 767. The van der Waals surface area contributed by atoms with Gasteiger partial charge in [0, 0.05) is 18.1 Å². The molecule has 4 rings (SSSR count). The molecule has 2 heterocycles. The number of halogens is 1. The summed E-state index contributed by atoms with van der Waals surface area (Å²) in [6.45, 7) is 1.66. The van der Waals surface area contributed by atoms with Crippen LogP contribution in [0.3, 0.4) is 0 Å². The minimum absolute atomic E-state index is 0.188. The van der Waals surface area contributed by atoms with Gasteiger partial charge in [-0.3, -0.25) is 19.3 Å². The molecule has 150 valence electrons. The van der Waals surface area contributed by atoms with Gasteiger partial charge < -0.3 is 10.2 Å². The Labute approximate surface area is 170 Å². The SMILES string of the molecule is O=C(CN1C(=O)C2CCCCC2C1=O)Nc1cc(Cl)ccc1N1CCCCC1. The molecule has 3 fully saturated rings. The van der Waals surface area contributed by atoms with E-state index in [0.29, 0.717) is 10.7 Å². The number of rotatable bonds is 4. The summed E-state index contributed by atoms with van der Waals surface area (Å²) in [5, 5.41) is 3.42. The summed E-state index contributed by atoms with van der Waals surface area (Å²) in [4.78, 5) is 41.3. The van der Waals surface area contributed by atoms with Crippen molar-refractivity contribution < 1.29 is 14.4 Å². The molecule has 3 aliphatic rings. The average Bonchev–Trinajstić information content (AvgIpc) is 2.94. The van der Waals surface area contributed by atoms with Gasteiger partial charge in [-0.25, -0.2) is 0 Å². The van der Waals surface area contributed by atoms with Crippen molar-refractivity contribution in [3.8, 4) is 0 Å². The topological polar surface area (TPSA) is 69.7 Å². The number of fused-ring (bicyclic) bond motifs is 1. The number of hydrogen-bond donors (Lipinski definition) is 1. The first-order valence-electron chi connectivity index (χ1n) is 10.2. The second-order valence-corrected chi connectivity index (χ2v) is 8.45. The smallest absolute Gasteiger partial charge is 0.244 e. The van der Waals surface area contributed by atoms with E-state index in [1.807, 2.05) is 12.1 Å². The quantitative estimate of drug-likeness (QED) is 0.782. The average molecular weight is 404 g/mol. The predicted molar refractivity (Wildman–Crippen MR) is 108 cm³/mol. The number of carbonyl (C=O) groups is 3. The van der Waals surface area contributed by atoms with Gasteiger partial charge in [0.25, 0.3) is 0 Å². The molecule has 0 spiro atoms. The molecule has 0 bridgehead atoms. The fourth-order valence-corrected chi connectivity index (χ4v) is 4.91. The molecule has 0 aromatic heterocycles. The van der Waals surface area contributed by atoms with E-state index in [1.165, 1.54) is 6.42 Å². The molecular weight excluding hydrogens is 378 g/mol. The highest BCUT2D eigenvalue weighted by atomic mass is 35.5. The lowest BCUT2D eigenvalue weighted by Gasteiger charge is -2.30. The van der Waals surface area contributed by atoms with E-state index in [4.69, 9.17) is 11.6 Å². The van der Waals surface area contributed by atoms with Crippen molar-refractivity contribution in [2.24, 2.45) is 11.8 Å². The lowest BCUT2D eigenvalue weighted by atomic mass is 9.81. The van der Waals surface area contributed by atoms with Crippen LogP contribution in [0.5, 0.6) is 0 Å². The van der Waals surface area contributed by atoms with Crippen LogP contribution in [0.25, 0.3) is 0 Å². The highest BCUT2D eigenvalue weighted by Crippen LogP contribution is 2.38. The van der Waals surface area contributed by atoms with Crippen LogP contribution in [0.15, 0.2) is 18.2 Å². The van der Waals surface area contributed by atoms with E-state index >= 15 is 0 Å². The van der Waals surface area contributed by atoms with Gasteiger partial charge in [0.05, 0.1) is 23.2 Å². The number of carbonyl (C=O) groups excluding carboxylic acids is 3. The zero-order valence-corrected chi connectivity index (χ0v) is 16.7. The number of nitrogens with one attached hydrogen (secondary N) is 1. The zero-order chi connectivity index (χ0) is 19.7. The number of hydrogen-bond acceptors (Lipinski definition) is 4. The van der Waals surface area contributed by atoms with E-state index < -0.39 is 0 Å². The molecule has 2 atom stereocenters. The van der Waals surface area contributed by atoms with Crippen LogP contribution in [-0.2, 0) is 14.4 Å². The summed E-state index contributed by atoms with van der Waals surface area (Å²) in [6.07, 6.45) is 6.91. The van der Waals surface area contributed by atoms with Crippen LogP contribution in [0.4, 0.5) is 11.4 Å². The van der Waals surface area contributed by atoms with Crippen molar-refractivity contribution >= 4 is 40.7 Å². The molecule has 2 aliphatic heterocycles. The van der Waals surface area contributed by atoms with Crippen LogP contribution < -0.4 is 10.2 Å². The van der Waals surface area contributed by atoms with E-state index in [0.717, 1.165) is 62.2 Å². The molecule has 28 heavy (non-hydrogen) atoms. The van der Waals surface area contributed by atoms with E-state index in [2.05, 4.69) is 10.2 Å². The van der Waals surface area contributed by atoms with Crippen molar-refractivity contribution in [3.05, 3.63) is 23.2 Å². The Balaban J connectivity index is 1.47. The van der Waals surface area contributed by atoms with E-state index in [-0.39, 0.29) is 36.1 Å². The van der Waals surface area contributed by atoms with Gasteiger partial charge in [0.15, 0.2) is 0 Å². The fraction of sp³-hybridized carbons (Fsp3) is 0.571. The molecule has 1 aliphatic carbocycles. The molecular formula is C21H26ClN3O3. The molecule has 1 aromatic rings. The highest BCUT2D eigenvalue weighted by molar-refractivity contribution is 6.31. The Morgan fingerprint density at radius 1 is 1.00 bits per heavy atom. The second-order valence-electron chi connectivity index (χ2n) is 8.02. The van der Waals surface area contributed by atoms with Crippen LogP contribution in [0.2, 0.25) is 5.02 Å². The third kappa shape index (κ3) is 3.75. The number of likely N-dealkylation sites (tertiary alicyclic amines) is 1. The molecule has 1 N–H and O–H groups in total. The summed E-state index contributed by atoms with van der Waals surface area (Å²) in [5.74, 6) is -1.20. The standard InChI is InChI=1S/C21H26ClN3O3/c22-14-8-9-18(24-10-4-1-5-11-24)17(12-14)23-19(26)13-25-20(27)15-6-2-3-7-16(15)21(25)28/h8-9,12,15-16H,1-7,10-11,13H2,(H,23,26). The minimum Gasteiger partial charge on any atom is -0.370 e. The van der Waals surface area contributed by atoms with E-state index in [1.54, 1.807) is 6.07 Å². The lowest BCUT2D eigenvalue weighted by molar-refractivity contribution is -0.142. The molecule has 6 nitrogen and oxygen atoms in total. The molecule has 0 radical (unpaired) electrons. The molecule has 2 saturated heterocycles. The van der Waals surface area contributed by atoms with Crippen LogP contribution in [0.1, 0.15) is 44.9 Å². The van der Waals surface area contributed by atoms with Gasteiger partial charge >= 0.3 is 0 Å². The normalized spacial score (nSPS) is 25.0. The number of anilines is 2. The second kappa shape index (κ2) is 8.11. The first-order valence-corrected chi connectivity index (χ1v) is 10.6. The summed E-state index contributed by atoms with van der Waals surface area (Å²) >= 11 is 6.15. The largest absolute Gasteiger partial charge is 0.370 e. The fourth-order valence-electron chi connectivity index (χ4n) is 4.74. The Morgan fingerprint density at radius 2 is 1.64 bits per heavy atom. The van der Waals surface area contributed by atoms with Crippen molar-refractivity contribution in [1.82, 2.24) is 4.90 Å². The number of benzene rings is 1. The van der Waals surface area contributed by atoms with E-state index in [9.17, 15) is 14.4 Å². The van der Waals surface area contributed by atoms with Gasteiger partial charge in [0.1, 0.15) is 6.54 Å². The zero-order valence-electron chi connectivity index (χ0n) is 16.0. The van der Waals surface area contributed by atoms with Crippen LogP contribution >= 0.6 is 11.6 Å². The highest BCUT2D eigenvalue weighted by Gasteiger charge is 2.48. The molecule has 1 saturated carbocycles. The van der Waals surface area contributed by atoms with Crippen LogP contribution in [-0.4, -0.2) is 42.3 Å². The Kier molecular flexibility index (Phi) is 5.58. The summed E-state index contributed by atoms with van der Waals surface area (Å²) in [6, 6.07) is 5.47. The third-order valence-electron chi connectivity index (χ3n) is 6.16. The maximum Gasteiger partial charge on any atom is 0.244 e. The number of nitrogens with zero attached hydrogens (tertiary/aromatic N) is 2. The molecule has 2 unspecified atom stereocenters. The van der Waals surface area contributed by atoms with Crippen molar-refractivity contribution in [2.45, 2.75) is 44.9 Å². The van der Waals surface area contributed by atoms with Crippen molar-refractivity contribution in [1.29, 1.82) is 0 Å². The first kappa shape index (κ1) is 19.2. The summed E-state index contributed by atoms with van der Waals surface area (Å²) < 4.78 is 0. The number of piperidine rings is 1. The number of imide groups is 1. The maximum absolute atomic E-state index is 12.7. The van der Waals surface area contributed by atoms with Gasteiger partial charge in [-0.2, -0.15) is 0 Å². The lowest BCUT2D eigenvalue weighted by Crippen LogP contribution is -2.38. The summed E-state index contributed by atoms with van der Waals surface area (Å²) in [7, 11) is 0. The Morgan fingerprint density at radius 3 is 2.29 bits per heavy atom.